The van der Waals surface area contributed by atoms with Gasteiger partial charge in [0.2, 0.25) is 0 Å². The summed E-state index contributed by atoms with van der Waals surface area (Å²) in [5.74, 6) is -1.98. The molecule has 2 rings (SSSR count). The molecule has 1 aromatic carbocycles. The summed E-state index contributed by atoms with van der Waals surface area (Å²) in [5, 5.41) is 0.718. The molecule has 0 atom stereocenters. The normalized spacial score (nSPS) is 10.6. The number of rotatable bonds is 2. The minimum atomic E-state index is -0.942. The van der Waals surface area contributed by atoms with E-state index in [1.807, 2.05) is 0 Å². The number of halogens is 2. The van der Waals surface area contributed by atoms with E-state index in [0.29, 0.717) is 16.1 Å². The highest BCUT2D eigenvalue weighted by molar-refractivity contribution is 7.14. The number of ketones is 1. The van der Waals surface area contributed by atoms with Crippen LogP contribution in [0.5, 0.6) is 0 Å². The van der Waals surface area contributed by atoms with E-state index in [2.05, 4.69) is 4.98 Å². The van der Waals surface area contributed by atoms with Gasteiger partial charge < -0.3 is 0 Å². The average Bonchev–Trinajstić information content (AvgIpc) is 2.64. The van der Waals surface area contributed by atoms with Crippen molar-refractivity contribution in [1.82, 2.24) is 4.98 Å². The maximum atomic E-state index is 13.1. The molecule has 0 aliphatic carbocycles. The number of nitrogens with zero attached hydrogens (tertiary/aromatic N) is 1. The monoisotopic (exact) mass is 253 g/mol. The molecule has 88 valence electrons. The molecule has 0 radical (unpaired) electrons. The lowest BCUT2D eigenvalue weighted by Crippen LogP contribution is -1.93. The molecule has 0 N–H and O–H groups in total. The van der Waals surface area contributed by atoms with Gasteiger partial charge in [0.15, 0.2) is 17.4 Å². The van der Waals surface area contributed by atoms with E-state index in [1.165, 1.54) is 24.3 Å². The molecule has 5 heteroatoms. The third-order valence-electron chi connectivity index (χ3n) is 2.25. The van der Waals surface area contributed by atoms with Crippen molar-refractivity contribution in [3.8, 4) is 11.3 Å². The Morgan fingerprint density at radius 3 is 2.59 bits per heavy atom. The third kappa shape index (κ3) is 2.24. The number of carbonyl (C=O) groups is 1. The van der Waals surface area contributed by atoms with Crippen molar-refractivity contribution >= 4 is 17.1 Å². The standard InChI is InChI=1S/C12H9F2NOS/c1-6(16)12-11(15-7(2)17-12)8-3-4-9(13)10(14)5-8/h3-5H,1-2H3. The van der Waals surface area contributed by atoms with Gasteiger partial charge in [-0.3, -0.25) is 4.79 Å². The van der Waals surface area contributed by atoms with E-state index in [0.717, 1.165) is 17.1 Å². The first-order valence-electron chi connectivity index (χ1n) is 4.93. The number of hydrogen-bond donors (Lipinski definition) is 0. The lowest BCUT2D eigenvalue weighted by molar-refractivity contribution is 0.102. The van der Waals surface area contributed by atoms with Gasteiger partial charge in [-0.05, 0) is 25.1 Å². The molecule has 0 fully saturated rings. The minimum absolute atomic E-state index is 0.129. The molecule has 17 heavy (non-hydrogen) atoms. The van der Waals surface area contributed by atoms with Gasteiger partial charge in [-0.2, -0.15) is 0 Å². The summed E-state index contributed by atoms with van der Waals surface area (Å²) in [7, 11) is 0. The van der Waals surface area contributed by atoms with E-state index in [9.17, 15) is 13.6 Å². The number of Topliss-reactive ketones (excluding diaryl/α,β-unsaturated/α-hetero) is 1. The van der Waals surface area contributed by atoms with Crippen molar-refractivity contribution in [2.24, 2.45) is 0 Å². The Morgan fingerprint density at radius 2 is 2.00 bits per heavy atom. The van der Waals surface area contributed by atoms with Crippen LogP contribution in [-0.4, -0.2) is 10.8 Å². The molecule has 0 aliphatic rings. The lowest BCUT2D eigenvalue weighted by atomic mass is 10.1. The Morgan fingerprint density at radius 1 is 1.29 bits per heavy atom. The molecule has 0 saturated heterocycles. The zero-order valence-corrected chi connectivity index (χ0v) is 10.1. The van der Waals surface area contributed by atoms with Crippen LogP contribution in [0.2, 0.25) is 0 Å². The minimum Gasteiger partial charge on any atom is -0.294 e. The summed E-state index contributed by atoms with van der Waals surface area (Å²) >= 11 is 1.25. The van der Waals surface area contributed by atoms with E-state index in [1.54, 1.807) is 6.92 Å². The first kappa shape index (κ1) is 11.9. The topological polar surface area (TPSA) is 30.0 Å². The SMILES string of the molecule is CC(=O)c1sc(C)nc1-c1ccc(F)c(F)c1. The highest BCUT2D eigenvalue weighted by Crippen LogP contribution is 2.29. The molecule has 2 nitrogen and oxygen atoms in total. The van der Waals surface area contributed by atoms with Gasteiger partial charge in [-0.15, -0.1) is 11.3 Å². The van der Waals surface area contributed by atoms with Gasteiger partial charge in [0, 0.05) is 12.5 Å². The van der Waals surface area contributed by atoms with Crippen LogP contribution in [0.25, 0.3) is 11.3 Å². The summed E-state index contributed by atoms with van der Waals surface area (Å²) in [5.41, 5.74) is 0.831. The fourth-order valence-corrected chi connectivity index (χ4v) is 2.34. The van der Waals surface area contributed by atoms with Crippen molar-refractivity contribution in [3.63, 3.8) is 0 Å². The Kier molecular flexibility index (Phi) is 3.02. The van der Waals surface area contributed by atoms with Crippen molar-refractivity contribution in [2.45, 2.75) is 13.8 Å². The largest absolute Gasteiger partial charge is 0.294 e. The quantitative estimate of drug-likeness (QED) is 0.765. The molecule has 0 amide bonds. The second kappa shape index (κ2) is 4.33. The number of aryl methyl sites for hydroxylation is 1. The van der Waals surface area contributed by atoms with Crippen molar-refractivity contribution in [1.29, 1.82) is 0 Å². The van der Waals surface area contributed by atoms with Crippen molar-refractivity contribution in [2.75, 3.05) is 0 Å². The maximum Gasteiger partial charge on any atom is 0.172 e. The molecule has 0 bridgehead atoms. The van der Waals surface area contributed by atoms with Gasteiger partial charge in [0.05, 0.1) is 15.6 Å². The van der Waals surface area contributed by atoms with Gasteiger partial charge in [-0.1, -0.05) is 0 Å². The Bertz CT molecular complexity index is 592. The van der Waals surface area contributed by atoms with Crippen LogP contribution in [0.4, 0.5) is 8.78 Å². The van der Waals surface area contributed by atoms with E-state index in [-0.39, 0.29) is 5.78 Å². The number of hydrogen-bond acceptors (Lipinski definition) is 3. The van der Waals surface area contributed by atoms with Gasteiger partial charge in [-0.25, -0.2) is 13.8 Å². The maximum absolute atomic E-state index is 13.1. The van der Waals surface area contributed by atoms with E-state index < -0.39 is 11.6 Å². The van der Waals surface area contributed by atoms with Gasteiger partial charge in [0.25, 0.3) is 0 Å². The zero-order valence-electron chi connectivity index (χ0n) is 9.25. The Labute approximate surface area is 101 Å². The molecule has 2 aromatic rings. The predicted molar refractivity (Wildman–Crippen MR) is 62.2 cm³/mol. The van der Waals surface area contributed by atoms with Crippen molar-refractivity contribution in [3.05, 3.63) is 39.7 Å². The predicted octanol–water partition coefficient (Wildman–Crippen LogP) is 3.60. The number of thiazole rings is 1. The first-order chi connectivity index (χ1) is 7.99. The van der Waals surface area contributed by atoms with Crippen LogP contribution in [0.1, 0.15) is 21.6 Å². The van der Waals surface area contributed by atoms with Crippen LogP contribution in [0, 0.1) is 18.6 Å². The van der Waals surface area contributed by atoms with Crippen LogP contribution in [-0.2, 0) is 0 Å². The molecule has 0 aliphatic heterocycles. The molecule has 0 saturated carbocycles. The third-order valence-corrected chi connectivity index (χ3v) is 3.32. The molecule has 1 aromatic heterocycles. The van der Waals surface area contributed by atoms with Crippen LogP contribution in [0.15, 0.2) is 18.2 Å². The summed E-state index contributed by atoms with van der Waals surface area (Å²) in [6, 6.07) is 3.50. The number of aromatic nitrogens is 1. The van der Waals surface area contributed by atoms with E-state index >= 15 is 0 Å². The summed E-state index contributed by atoms with van der Waals surface area (Å²) < 4.78 is 25.9. The highest BCUT2D eigenvalue weighted by Gasteiger charge is 2.16. The van der Waals surface area contributed by atoms with Crippen LogP contribution < -0.4 is 0 Å². The molecular formula is C12H9F2NOS. The molecule has 1 heterocycles. The Hall–Kier alpha value is -1.62. The fraction of sp³-hybridized carbons (Fsp3) is 0.167. The number of carbonyl (C=O) groups excluding carboxylic acids is 1. The molecule has 0 unspecified atom stereocenters. The second-order valence-corrected chi connectivity index (χ2v) is 4.80. The van der Waals surface area contributed by atoms with Gasteiger partial charge >= 0.3 is 0 Å². The summed E-state index contributed by atoms with van der Waals surface area (Å²) in [6.07, 6.45) is 0. The summed E-state index contributed by atoms with van der Waals surface area (Å²) in [6.45, 7) is 3.19. The molecule has 0 spiro atoms. The average molecular weight is 253 g/mol. The number of benzene rings is 1. The lowest BCUT2D eigenvalue weighted by Gasteiger charge is -2.00. The van der Waals surface area contributed by atoms with Crippen LogP contribution >= 0.6 is 11.3 Å². The smallest absolute Gasteiger partial charge is 0.172 e. The first-order valence-corrected chi connectivity index (χ1v) is 5.74. The zero-order chi connectivity index (χ0) is 12.6. The van der Waals surface area contributed by atoms with Crippen LogP contribution in [0.3, 0.4) is 0 Å². The summed E-state index contributed by atoms with van der Waals surface area (Å²) in [4.78, 5) is 16.1. The van der Waals surface area contributed by atoms with Gasteiger partial charge in [0.1, 0.15) is 0 Å². The molecular weight excluding hydrogens is 244 g/mol. The second-order valence-electron chi connectivity index (χ2n) is 3.60. The van der Waals surface area contributed by atoms with E-state index in [4.69, 9.17) is 0 Å². The van der Waals surface area contributed by atoms with Crippen molar-refractivity contribution < 1.29 is 13.6 Å². The highest BCUT2D eigenvalue weighted by atomic mass is 32.1. The fourth-order valence-electron chi connectivity index (χ4n) is 1.50. The Balaban J connectivity index is 2.59.